The number of rotatable bonds is 1. The Kier molecular flexibility index (Phi) is 3.13. The predicted molar refractivity (Wildman–Crippen MR) is 113 cm³/mol. The van der Waals surface area contributed by atoms with Gasteiger partial charge in [-0.2, -0.15) is 0 Å². The monoisotopic (exact) mass is 406 g/mol. The maximum absolute atomic E-state index is 12.6. The molecule has 0 radical (unpaired) electrons. The molecule has 0 aromatic heterocycles. The summed E-state index contributed by atoms with van der Waals surface area (Å²) in [6.07, 6.45) is 14.1. The molecule has 0 aromatic rings. The lowest BCUT2D eigenvalue weighted by atomic mass is 9.44. The molecule has 0 amide bonds. The van der Waals surface area contributed by atoms with Gasteiger partial charge in [0, 0.05) is 29.6 Å². The molecule has 3 heteroatoms. The molecule has 0 N–H and O–H groups in total. The Balaban J connectivity index is 1.41. The first kappa shape index (κ1) is 18.2. The number of ether oxygens (including phenoxy) is 1. The first-order chi connectivity index (χ1) is 14.3. The summed E-state index contributed by atoms with van der Waals surface area (Å²) in [4.78, 5) is 24.9. The van der Waals surface area contributed by atoms with Crippen molar-refractivity contribution in [2.24, 2.45) is 45.8 Å². The van der Waals surface area contributed by atoms with Gasteiger partial charge < -0.3 is 4.74 Å². The molecule has 0 aromatic carbocycles. The van der Waals surface area contributed by atoms with E-state index in [1.165, 1.54) is 31.3 Å². The first-order valence-electron chi connectivity index (χ1n) is 12.5. The number of carbonyl (C=O) groups excluding carboxylic acids is 2. The first-order valence-corrected chi connectivity index (χ1v) is 12.5. The summed E-state index contributed by atoms with van der Waals surface area (Å²) in [6.45, 7) is 7.17. The fraction of sp³-hybridized carbons (Fsp3) is 0.778. The number of allylic oxidation sites excluding steroid dienone is 4. The topological polar surface area (TPSA) is 43.4 Å². The van der Waals surface area contributed by atoms with Gasteiger partial charge in [-0.3, -0.25) is 9.59 Å². The summed E-state index contributed by atoms with van der Waals surface area (Å²) >= 11 is 0. The van der Waals surface area contributed by atoms with E-state index < -0.39 is 0 Å². The van der Waals surface area contributed by atoms with E-state index in [1.807, 2.05) is 0 Å². The Morgan fingerprint density at radius 1 is 1.20 bits per heavy atom. The highest BCUT2D eigenvalue weighted by molar-refractivity contribution is 5.93. The van der Waals surface area contributed by atoms with Crippen LogP contribution in [0.3, 0.4) is 0 Å². The van der Waals surface area contributed by atoms with Gasteiger partial charge in [-0.25, -0.2) is 0 Å². The summed E-state index contributed by atoms with van der Waals surface area (Å²) in [5, 5.41) is 0. The fourth-order valence-electron chi connectivity index (χ4n) is 10.1. The van der Waals surface area contributed by atoms with Crippen molar-refractivity contribution in [3.8, 4) is 0 Å². The van der Waals surface area contributed by atoms with Crippen LogP contribution in [0.5, 0.6) is 0 Å². The van der Waals surface area contributed by atoms with E-state index in [0.717, 1.165) is 25.2 Å². The molecular weight excluding hydrogens is 372 g/mol. The van der Waals surface area contributed by atoms with Crippen LogP contribution in [0.25, 0.3) is 0 Å². The molecule has 7 aliphatic rings. The predicted octanol–water partition coefficient (Wildman–Crippen LogP) is 5.40. The van der Waals surface area contributed by atoms with Gasteiger partial charge in [0.25, 0.3) is 0 Å². The van der Waals surface area contributed by atoms with E-state index in [1.54, 1.807) is 5.57 Å². The minimum absolute atomic E-state index is 0.0364. The number of esters is 1. The van der Waals surface area contributed by atoms with Crippen LogP contribution in [0.4, 0.5) is 0 Å². The zero-order valence-electron chi connectivity index (χ0n) is 18.6. The molecule has 1 heterocycles. The molecule has 2 spiro atoms. The van der Waals surface area contributed by atoms with Gasteiger partial charge in [-0.1, -0.05) is 32.4 Å². The molecule has 3 nitrogen and oxygen atoms in total. The van der Waals surface area contributed by atoms with Gasteiger partial charge in [0.1, 0.15) is 5.60 Å². The van der Waals surface area contributed by atoms with Crippen LogP contribution in [0.1, 0.15) is 78.6 Å². The maximum atomic E-state index is 12.6. The lowest BCUT2D eigenvalue weighted by Gasteiger charge is -2.60. The highest BCUT2D eigenvalue weighted by Gasteiger charge is 2.79. The number of hydrogen-bond donors (Lipinski definition) is 0. The average molecular weight is 407 g/mol. The zero-order chi connectivity index (χ0) is 20.7. The van der Waals surface area contributed by atoms with Crippen molar-refractivity contribution in [2.45, 2.75) is 84.2 Å². The van der Waals surface area contributed by atoms with Gasteiger partial charge >= 0.3 is 5.97 Å². The minimum Gasteiger partial charge on any atom is -0.458 e. The smallest absolute Gasteiger partial charge is 0.306 e. The number of ketones is 1. The molecule has 160 valence electrons. The quantitative estimate of drug-likeness (QED) is 0.433. The molecule has 0 bridgehead atoms. The Bertz CT molecular complexity index is 953. The second-order valence-electron chi connectivity index (χ2n) is 12.2. The number of fused-ring (bicyclic) bond motifs is 10. The Labute approximate surface area is 179 Å². The van der Waals surface area contributed by atoms with Gasteiger partial charge in [0.15, 0.2) is 5.78 Å². The Hall–Kier alpha value is -1.38. The van der Waals surface area contributed by atoms with Crippen molar-refractivity contribution in [3.05, 3.63) is 23.3 Å². The van der Waals surface area contributed by atoms with Crippen molar-refractivity contribution in [1.29, 1.82) is 0 Å². The van der Waals surface area contributed by atoms with Gasteiger partial charge in [-0.15, -0.1) is 0 Å². The van der Waals surface area contributed by atoms with E-state index in [0.29, 0.717) is 42.3 Å². The SMILES string of the molecule is CC[C@@]12C3=CC[C@@]4(C)C(C3CC3(CC3)C1=CC(=O)CC2C)C1CC1[C@@]41CCC(=O)O1. The van der Waals surface area contributed by atoms with E-state index in [-0.39, 0.29) is 27.8 Å². The summed E-state index contributed by atoms with van der Waals surface area (Å²) in [5.74, 6) is 3.41. The second kappa shape index (κ2) is 5.15. The normalized spacial score (nSPS) is 54.0. The summed E-state index contributed by atoms with van der Waals surface area (Å²) in [6, 6.07) is 0. The number of hydrogen-bond acceptors (Lipinski definition) is 3. The molecular formula is C27H34O3. The summed E-state index contributed by atoms with van der Waals surface area (Å²) in [7, 11) is 0. The molecule has 1 saturated heterocycles. The molecule has 4 saturated carbocycles. The van der Waals surface area contributed by atoms with Crippen molar-refractivity contribution in [1.82, 2.24) is 0 Å². The van der Waals surface area contributed by atoms with Crippen LogP contribution in [-0.4, -0.2) is 17.4 Å². The van der Waals surface area contributed by atoms with Crippen LogP contribution in [0.15, 0.2) is 23.3 Å². The lowest BCUT2D eigenvalue weighted by molar-refractivity contribution is -0.166. The largest absolute Gasteiger partial charge is 0.458 e. The molecule has 7 rings (SSSR count). The van der Waals surface area contributed by atoms with Crippen molar-refractivity contribution >= 4 is 11.8 Å². The molecule has 1 aliphatic heterocycles. The molecule has 5 unspecified atom stereocenters. The molecule has 5 fully saturated rings. The molecule has 8 atom stereocenters. The third-order valence-corrected chi connectivity index (χ3v) is 11.4. The van der Waals surface area contributed by atoms with Crippen molar-refractivity contribution < 1.29 is 14.3 Å². The third-order valence-electron chi connectivity index (χ3n) is 11.4. The fourth-order valence-corrected chi connectivity index (χ4v) is 10.1. The Morgan fingerprint density at radius 3 is 2.67 bits per heavy atom. The van der Waals surface area contributed by atoms with Crippen molar-refractivity contribution in [3.63, 3.8) is 0 Å². The zero-order valence-corrected chi connectivity index (χ0v) is 18.6. The van der Waals surface area contributed by atoms with Crippen LogP contribution in [-0.2, 0) is 14.3 Å². The van der Waals surface area contributed by atoms with Crippen LogP contribution in [0, 0.1) is 45.8 Å². The van der Waals surface area contributed by atoms with Crippen LogP contribution >= 0.6 is 0 Å². The van der Waals surface area contributed by atoms with Crippen LogP contribution < -0.4 is 0 Å². The Morgan fingerprint density at radius 2 is 2.00 bits per heavy atom. The van der Waals surface area contributed by atoms with Gasteiger partial charge in [0.05, 0.1) is 0 Å². The lowest BCUT2D eigenvalue weighted by Crippen LogP contribution is -2.56. The maximum Gasteiger partial charge on any atom is 0.306 e. The van der Waals surface area contributed by atoms with Crippen LogP contribution in [0.2, 0.25) is 0 Å². The molecule has 6 aliphatic carbocycles. The van der Waals surface area contributed by atoms with Gasteiger partial charge in [-0.05, 0) is 85.7 Å². The summed E-state index contributed by atoms with van der Waals surface area (Å²) in [5.41, 5.74) is 3.49. The highest BCUT2D eigenvalue weighted by atomic mass is 16.6. The van der Waals surface area contributed by atoms with Gasteiger partial charge in [0.2, 0.25) is 0 Å². The molecule has 30 heavy (non-hydrogen) atoms. The van der Waals surface area contributed by atoms with E-state index in [2.05, 4.69) is 32.9 Å². The van der Waals surface area contributed by atoms with Crippen molar-refractivity contribution in [2.75, 3.05) is 0 Å². The number of carbonyl (C=O) groups is 2. The average Bonchev–Trinajstić information content (AvgIpc) is 3.60. The second-order valence-corrected chi connectivity index (χ2v) is 12.2. The minimum atomic E-state index is -0.193. The standard InChI is InChI=1S/C27H34O3/c1-4-26-15(2)11-16(28)12-21(26)25(9-10-25)14-18-19(26)5-7-24(3)23(18)17-13-20(17)27(24)8-6-22(29)30-27/h5,12,15,17-18,20,23H,4,6-11,13-14H2,1-3H3/t15?,17?,18?,20?,23?,24-,26+,27-/m0/s1. The third kappa shape index (κ3) is 1.76. The van der Waals surface area contributed by atoms with E-state index in [9.17, 15) is 9.59 Å². The highest BCUT2D eigenvalue weighted by Crippen LogP contribution is 2.81. The summed E-state index contributed by atoms with van der Waals surface area (Å²) < 4.78 is 6.25. The van der Waals surface area contributed by atoms with E-state index in [4.69, 9.17) is 4.74 Å². The van der Waals surface area contributed by atoms with E-state index >= 15 is 0 Å².